The van der Waals surface area contributed by atoms with E-state index in [0.29, 0.717) is 47.2 Å². The summed E-state index contributed by atoms with van der Waals surface area (Å²) in [5.74, 6) is 2.34. The number of nitrogens with one attached hydrogen (secondary N) is 2. The Balaban J connectivity index is 1.45. The zero-order chi connectivity index (χ0) is 23.9. The number of carbonyl (C=O) groups excluding carboxylic acids is 1. The van der Waals surface area contributed by atoms with Crippen LogP contribution < -0.4 is 10.6 Å². The van der Waals surface area contributed by atoms with Gasteiger partial charge in [-0.3, -0.25) is 4.79 Å². The average molecular weight is 469 g/mol. The summed E-state index contributed by atoms with van der Waals surface area (Å²) in [6, 6.07) is 7.57. The Morgan fingerprint density at radius 3 is 2.74 bits per heavy atom. The summed E-state index contributed by atoms with van der Waals surface area (Å²) in [6.45, 7) is 8.73. The van der Waals surface area contributed by atoms with E-state index in [4.69, 9.17) is 4.42 Å². The number of nitrogens with zero attached hydrogens (tertiary/aromatic N) is 5. The summed E-state index contributed by atoms with van der Waals surface area (Å²) in [7, 11) is 0. The molecule has 0 spiro atoms. The first-order valence-corrected chi connectivity index (χ1v) is 11.8. The largest absolute Gasteiger partial charge is 0.458 e. The number of amides is 1. The van der Waals surface area contributed by atoms with Crippen molar-refractivity contribution in [1.82, 2.24) is 25.1 Å². The second kappa shape index (κ2) is 8.92. The topological polar surface area (TPSA) is 97.9 Å². The van der Waals surface area contributed by atoms with Crippen LogP contribution in [-0.4, -0.2) is 75.1 Å². The van der Waals surface area contributed by atoms with Crippen molar-refractivity contribution in [2.45, 2.75) is 45.8 Å². The Morgan fingerprint density at radius 1 is 1.26 bits per heavy atom. The van der Waals surface area contributed by atoms with Crippen LogP contribution in [0.4, 0.5) is 10.2 Å². The van der Waals surface area contributed by atoms with Crippen LogP contribution in [-0.2, 0) is 4.79 Å². The molecule has 2 N–H and O–H groups in total. The molecule has 0 radical (unpaired) electrons. The van der Waals surface area contributed by atoms with Gasteiger partial charge in [0.1, 0.15) is 24.2 Å². The molecule has 3 atom stereocenters. The molecule has 3 aromatic rings. The van der Waals surface area contributed by atoms with Crippen LogP contribution in [0.3, 0.4) is 0 Å². The third kappa shape index (κ3) is 4.47. The van der Waals surface area contributed by atoms with Gasteiger partial charge in [0.25, 0.3) is 5.91 Å². The van der Waals surface area contributed by atoms with Gasteiger partial charge in [-0.1, -0.05) is 0 Å². The summed E-state index contributed by atoms with van der Waals surface area (Å²) in [6.07, 6.45) is 0.595. The van der Waals surface area contributed by atoms with Crippen molar-refractivity contribution in [3.63, 3.8) is 0 Å². The maximum absolute atomic E-state index is 14.3. The fourth-order valence-corrected chi connectivity index (χ4v) is 5.29. The highest BCUT2D eigenvalue weighted by molar-refractivity contribution is 5.91. The molecule has 3 aromatic heterocycles. The number of anilines is 1. The molecule has 2 aliphatic rings. The number of quaternary nitrogens is 1. The number of likely N-dealkylation sites (tertiary alicyclic amines) is 1. The molecular weight excluding hydrogens is 437 g/mol. The lowest BCUT2D eigenvalue weighted by molar-refractivity contribution is -0.931. The molecule has 2 fully saturated rings. The van der Waals surface area contributed by atoms with Crippen LogP contribution in [0.5, 0.6) is 0 Å². The van der Waals surface area contributed by atoms with Crippen molar-refractivity contribution in [3.8, 4) is 17.4 Å². The predicted octanol–water partition coefficient (Wildman–Crippen LogP) is 2.71. The second-order valence-corrected chi connectivity index (χ2v) is 9.55. The van der Waals surface area contributed by atoms with E-state index in [9.17, 15) is 9.18 Å². The van der Waals surface area contributed by atoms with Crippen molar-refractivity contribution < 1.29 is 18.1 Å². The van der Waals surface area contributed by atoms with Gasteiger partial charge in [0.15, 0.2) is 30.1 Å². The Hall–Kier alpha value is -3.11. The lowest BCUT2D eigenvalue weighted by Gasteiger charge is -2.38. The second-order valence-electron chi connectivity index (χ2n) is 9.55. The van der Waals surface area contributed by atoms with E-state index in [0.717, 1.165) is 36.7 Å². The summed E-state index contributed by atoms with van der Waals surface area (Å²) in [5, 5.41) is 10.8. The monoisotopic (exact) mass is 468 g/mol. The molecule has 0 saturated carbocycles. The molecule has 34 heavy (non-hydrogen) atoms. The maximum Gasteiger partial charge on any atom is 0.280 e. The first kappa shape index (κ1) is 22.7. The minimum Gasteiger partial charge on any atom is -0.458 e. The maximum atomic E-state index is 14.3. The third-order valence-corrected chi connectivity index (χ3v) is 6.88. The average Bonchev–Trinajstić information content (AvgIpc) is 3.57. The normalized spacial score (nSPS) is 24.6. The number of aryl methyl sites for hydroxylation is 3. The van der Waals surface area contributed by atoms with Crippen molar-refractivity contribution >= 4 is 11.7 Å². The highest BCUT2D eigenvalue weighted by atomic mass is 19.1. The Bertz CT molecular complexity index is 1200. The van der Waals surface area contributed by atoms with Crippen LogP contribution in [0, 0.1) is 20.8 Å². The number of rotatable bonds is 6. The molecule has 5 rings (SSSR count). The van der Waals surface area contributed by atoms with Crippen LogP contribution in [0.15, 0.2) is 28.7 Å². The molecule has 2 saturated heterocycles. The molecule has 0 aliphatic carbocycles. The van der Waals surface area contributed by atoms with Gasteiger partial charge in [-0.25, -0.2) is 19.0 Å². The first-order valence-electron chi connectivity index (χ1n) is 11.8. The molecule has 2 aliphatic heterocycles. The van der Waals surface area contributed by atoms with Gasteiger partial charge in [-0.05, 0) is 39.0 Å². The van der Waals surface area contributed by atoms with Crippen molar-refractivity contribution in [2.75, 3.05) is 38.0 Å². The zero-order valence-electron chi connectivity index (χ0n) is 19.8. The Kier molecular flexibility index (Phi) is 5.95. The van der Waals surface area contributed by atoms with Crippen LogP contribution in [0.2, 0.25) is 0 Å². The van der Waals surface area contributed by atoms with Crippen molar-refractivity contribution in [2.24, 2.45) is 0 Å². The van der Waals surface area contributed by atoms with E-state index in [-0.39, 0.29) is 18.5 Å². The molecule has 0 aromatic carbocycles. The molecule has 1 amide bonds. The number of furan rings is 1. The van der Waals surface area contributed by atoms with Gasteiger partial charge in [-0.2, -0.15) is 5.10 Å². The molecule has 180 valence electrons. The first-order chi connectivity index (χ1) is 16.3. The van der Waals surface area contributed by atoms with Crippen molar-refractivity contribution in [3.05, 3.63) is 41.4 Å². The number of alkyl halides is 1. The number of hydrogen-bond acceptors (Lipinski definition) is 6. The SMILES string of the molecule is Cc1cc(C)n(-c2cc(NC(=O)C[N+]3([C@H]4CCNC4)CC[C@@H](F)C3)nc(-c3ccc(C)o3)n2)n1. The minimum absolute atomic E-state index is 0.180. The standard InChI is InChI=1S/C24H30FN7O2/c1-15-10-16(2)31(30-15)22-11-21(28-24(29-22)20-5-4-17(3)34-20)27-23(33)14-32(9-7-18(25)13-32)19-6-8-26-12-19/h4-5,10-11,18-19,26H,6-9,12-14H2,1-3H3/p+1/t18-,19+,32?/m1/s1. The molecule has 5 heterocycles. The van der Waals surface area contributed by atoms with Crippen LogP contribution in [0.25, 0.3) is 17.4 Å². The van der Waals surface area contributed by atoms with Gasteiger partial charge < -0.3 is 19.5 Å². The van der Waals surface area contributed by atoms with Gasteiger partial charge in [0.05, 0.1) is 12.2 Å². The highest BCUT2D eigenvalue weighted by Crippen LogP contribution is 2.29. The Labute approximate surface area is 198 Å². The molecule has 10 heteroatoms. The van der Waals surface area contributed by atoms with E-state index in [1.165, 1.54) is 0 Å². The van der Waals surface area contributed by atoms with Gasteiger partial charge in [0.2, 0.25) is 0 Å². The third-order valence-electron chi connectivity index (χ3n) is 6.88. The molecule has 0 bridgehead atoms. The van der Waals surface area contributed by atoms with Gasteiger partial charge >= 0.3 is 0 Å². The number of hydrogen-bond donors (Lipinski definition) is 2. The molecular formula is C24H31FN7O2+. The quantitative estimate of drug-likeness (QED) is 0.540. The van der Waals surface area contributed by atoms with E-state index < -0.39 is 6.17 Å². The van der Waals surface area contributed by atoms with Gasteiger partial charge in [0, 0.05) is 37.7 Å². The van der Waals surface area contributed by atoms with Crippen LogP contribution >= 0.6 is 0 Å². The Morgan fingerprint density at radius 2 is 2.12 bits per heavy atom. The van der Waals surface area contributed by atoms with E-state index >= 15 is 0 Å². The van der Waals surface area contributed by atoms with Crippen molar-refractivity contribution in [1.29, 1.82) is 0 Å². The van der Waals surface area contributed by atoms with Crippen LogP contribution in [0.1, 0.15) is 30.0 Å². The van der Waals surface area contributed by atoms with E-state index in [1.807, 2.05) is 32.9 Å². The smallest absolute Gasteiger partial charge is 0.280 e. The number of carbonyl (C=O) groups is 1. The highest BCUT2D eigenvalue weighted by Gasteiger charge is 2.46. The number of halogens is 1. The minimum atomic E-state index is -0.862. The summed E-state index contributed by atoms with van der Waals surface area (Å²) in [5.41, 5.74) is 1.78. The summed E-state index contributed by atoms with van der Waals surface area (Å²) < 4.78 is 22.2. The lowest BCUT2D eigenvalue weighted by Crippen LogP contribution is -2.58. The fraction of sp³-hybridized carbons (Fsp3) is 0.500. The fourth-order valence-electron chi connectivity index (χ4n) is 5.29. The van der Waals surface area contributed by atoms with E-state index in [2.05, 4.69) is 25.7 Å². The molecule has 1 unspecified atom stereocenters. The zero-order valence-corrected chi connectivity index (χ0v) is 19.8. The van der Waals surface area contributed by atoms with Gasteiger partial charge in [-0.15, -0.1) is 0 Å². The lowest BCUT2D eigenvalue weighted by atomic mass is 10.1. The summed E-state index contributed by atoms with van der Waals surface area (Å²) >= 11 is 0. The molecule has 9 nitrogen and oxygen atoms in total. The summed E-state index contributed by atoms with van der Waals surface area (Å²) in [4.78, 5) is 22.4. The number of aromatic nitrogens is 4. The van der Waals surface area contributed by atoms with E-state index in [1.54, 1.807) is 16.8 Å². The predicted molar refractivity (Wildman–Crippen MR) is 125 cm³/mol.